The van der Waals surface area contributed by atoms with E-state index in [1.807, 2.05) is 13.1 Å². The number of sulfonamides is 1. The van der Waals surface area contributed by atoms with Crippen LogP contribution in [0.2, 0.25) is 0 Å². The molecule has 0 aliphatic carbocycles. The van der Waals surface area contributed by atoms with Crippen molar-refractivity contribution in [3.63, 3.8) is 0 Å². The molecule has 0 amide bonds. The van der Waals surface area contributed by atoms with E-state index in [0.717, 1.165) is 38.2 Å². The van der Waals surface area contributed by atoms with Gasteiger partial charge in [-0.25, -0.2) is 13.4 Å². The predicted octanol–water partition coefficient (Wildman–Crippen LogP) is 0.517. The minimum absolute atomic E-state index is 0.145. The fraction of sp³-hybridized carbons (Fsp3) is 0.643. The quantitative estimate of drug-likeness (QED) is 0.776. The predicted molar refractivity (Wildman–Crippen MR) is 82.5 cm³/mol. The maximum absolute atomic E-state index is 12.5. The third-order valence-corrected chi connectivity index (χ3v) is 5.44. The van der Waals surface area contributed by atoms with E-state index in [4.69, 9.17) is 0 Å². The summed E-state index contributed by atoms with van der Waals surface area (Å²) in [6, 6.07) is 3.44. The minimum Gasteiger partial charge on any atom is -0.313 e. The molecule has 1 N–H and O–H groups in total. The lowest BCUT2D eigenvalue weighted by Gasteiger charge is -2.31. The highest BCUT2D eigenvalue weighted by Gasteiger charge is 2.28. The second-order valence-electron chi connectivity index (χ2n) is 5.39. The smallest absolute Gasteiger partial charge is 0.260 e. The molecule has 2 heterocycles. The number of nitrogens with one attached hydrogen (secondary N) is 1. The van der Waals surface area contributed by atoms with Gasteiger partial charge in [0.25, 0.3) is 10.0 Å². The normalized spacial score (nSPS) is 18.0. The molecule has 7 heteroatoms. The van der Waals surface area contributed by atoms with Crippen LogP contribution in [0.5, 0.6) is 0 Å². The molecule has 1 saturated heterocycles. The van der Waals surface area contributed by atoms with Crippen LogP contribution in [0, 0.1) is 0 Å². The third kappa shape index (κ3) is 4.23. The van der Waals surface area contributed by atoms with Gasteiger partial charge in [-0.3, -0.25) is 0 Å². The van der Waals surface area contributed by atoms with Crippen LogP contribution in [0.4, 0.5) is 0 Å². The SMILES string of the molecule is CCCNCc1ccc(S(=O)(=O)N2CCN(C)CC2)nc1. The lowest BCUT2D eigenvalue weighted by atomic mass is 10.3. The van der Waals surface area contributed by atoms with Crippen LogP contribution in [-0.4, -0.2) is 62.4 Å². The molecule has 1 aromatic rings. The van der Waals surface area contributed by atoms with Gasteiger partial charge in [0.15, 0.2) is 5.03 Å². The topological polar surface area (TPSA) is 65.5 Å². The van der Waals surface area contributed by atoms with E-state index in [1.54, 1.807) is 12.3 Å². The Morgan fingerprint density at radius 2 is 1.95 bits per heavy atom. The summed E-state index contributed by atoms with van der Waals surface area (Å²) < 4.78 is 26.5. The van der Waals surface area contributed by atoms with E-state index < -0.39 is 10.0 Å². The summed E-state index contributed by atoms with van der Waals surface area (Å²) in [4.78, 5) is 6.27. The molecule has 1 aliphatic heterocycles. The van der Waals surface area contributed by atoms with Gasteiger partial charge in [-0.15, -0.1) is 0 Å². The Labute approximate surface area is 127 Å². The van der Waals surface area contributed by atoms with Crippen LogP contribution < -0.4 is 5.32 Å². The molecule has 0 atom stereocenters. The van der Waals surface area contributed by atoms with Gasteiger partial charge < -0.3 is 10.2 Å². The minimum atomic E-state index is -3.45. The van der Waals surface area contributed by atoms with Crippen LogP contribution in [-0.2, 0) is 16.6 Å². The average molecular weight is 312 g/mol. The van der Waals surface area contributed by atoms with Gasteiger partial charge in [-0.1, -0.05) is 13.0 Å². The number of piperazine rings is 1. The van der Waals surface area contributed by atoms with Gasteiger partial charge in [-0.05, 0) is 31.6 Å². The van der Waals surface area contributed by atoms with Gasteiger partial charge >= 0.3 is 0 Å². The number of hydrogen-bond acceptors (Lipinski definition) is 5. The zero-order chi connectivity index (χ0) is 15.3. The standard InChI is InChI=1S/C14H24N4O2S/c1-3-6-15-11-13-4-5-14(16-12-13)21(19,20)18-9-7-17(2)8-10-18/h4-5,12,15H,3,6-11H2,1-2H3. The summed E-state index contributed by atoms with van der Waals surface area (Å²) in [6.07, 6.45) is 2.72. The number of hydrogen-bond donors (Lipinski definition) is 1. The molecule has 1 aromatic heterocycles. The fourth-order valence-corrected chi connectivity index (χ4v) is 3.57. The number of aromatic nitrogens is 1. The molecule has 0 saturated carbocycles. The molecule has 0 bridgehead atoms. The van der Waals surface area contributed by atoms with E-state index >= 15 is 0 Å². The highest BCUT2D eigenvalue weighted by molar-refractivity contribution is 7.89. The second-order valence-corrected chi connectivity index (χ2v) is 7.27. The Morgan fingerprint density at radius 3 is 2.52 bits per heavy atom. The van der Waals surface area contributed by atoms with Gasteiger partial charge in [0.2, 0.25) is 0 Å². The number of nitrogens with zero attached hydrogens (tertiary/aromatic N) is 3. The van der Waals surface area contributed by atoms with Crippen molar-refractivity contribution in [2.45, 2.75) is 24.9 Å². The van der Waals surface area contributed by atoms with Crippen molar-refractivity contribution in [1.29, 1.82) is 0 Å². The molecule has 118 valence electrons. The zero-order valence-electron chi connectivity index (χ0n) is 12.7. The first-order valence-electron chi connectivity index (χ1n) is 7.38. The van der Waals surface area contributed by atoms with E-state index in [2.05, 4.69) is 22.1 Å². The van der Waals surface area contributed by atoms with E-state index in [1.165, 1.54) is 4.31 Å². The first-order valence-corrected chi connectivity index (χ1v) is 8.82. The van der Waals surface area contributed by atoms with Crippen molar-refractivity contribution in [2.75, 3.05) is 39.8 Å². The van der Waals surface area contributed by atoms with Crippen LogP contribution in [0.3, 0.4) is 0 Å². The molecule has 21 heavy (non-hydrogen) atoms. The maximum atomic E-state index is 12.5. The van der Waals surface area contributed by atoms with Crippen molar-refractivity contribution >= 4 is 10.0 Å². The Bertz CT molecular complexity index is 537. The van der Waals surface area contributed by atoms with Crippen LogP contribution >= 0.6 is 0 Å². The molecule has 0 aromatic carbocycles. The highest BCUT2D eigenvalue weighted by Crippen LogP contribution is 2.15. The lowest BCUT2D eigenvalue weighted by Crippen LogP contribution is -2.47. The van der Waals surface area contributed by atoms with E-state index in [-0.39, 0.29) is 5.03 Å². The monoisotopic (exact) mass is 312 g/mol. The Balaban J connectivity index is 2.03. The van der Waals surface area contributed by atoms with E-state index in [9.17, 15) is 8.42 Å². The summed E-state index contributed by atoms with van der Waals surface area (Å²) >= 11 is 0. The number of rotatable bonds is 6. The molecular weight excluding hydrogens is 288 g/mol. The van der Waals surface area contributed by atoms with Gasteiger partial charge in [-0.2, -0.15) is 4.31 Å². The fourth-order valence-electron chi connectivity index (χ4n) is 2.24. The van der Waals surface area contributed by atoms with Crippen molar-refractivity contribution < 1.29 is 8.42 Å². The largest absolute Gasteiger partial charge is 0.313 e. The van der Waals surface area contributed by atoms with Gasteiger partial charge in [0.05, 0.1) is 0 Å². The molecular formula is C14H24N4O2S. The second kappa shape index (κ2) is 7.31. The zero-order valence-corrected chi connectivity index (χ0v) is 13.6. The summed E-state index contributed by atoms with van der Waals surface area (Å²) in [5.74, 6) is 0. The summed E-state index contributed by atoms with van der Waals surface area (Å²) in [5, 5.41) is 3.42. The number of likely N-dealkylation sites (N-methyl/N-ethyl adjacent to an activating group) is 1. The summed E-state index contributed by atoms with van der Waals surface area (Å²) in [7, 11) is -1.45. The van der Waals surface area contributed by atoms with Gasteiger partial charge in [0, 0.05) is 38.9 Å². The Hall–Kier alpha value is -1.02. The summed E-state index contributed by atoms with van der Waals surface area (Å²) in [5.41, 5.74) is 1.00. The first-order chi connectivity index (χ1) is 10.0. The van der Waals surface area contributed by atoms with Crippen molar-refractivity contribution in [1.82, 2.24) is 19.5 Å². The van der Waals surface area contributed by atoms with Crippen molar-refractivity contribution in [3.8, 4) is 0 Å². The lowest BCUT2D eigenvalue weighted by molar-refractivity contribution is 0.222. The van der Waals surface area contributed by atoms with Crippen LogP contribution in [0.15, 0.2) is 23.4 Å². The molecule has 1 aliphatic rings. The van der Waals surface area contributed by atoms with Crippen LogP contribution in [0.1, 0.15) is 18.9 Å². The number of pyridine rings is 1. The van der Waals surface area contributed by atoms with Crippen LogP contribution in [0.25, 0.3) is 0 Å². The molecule has 1 fully saturated rings. The Kier molecular flexibility index (Phi) is 5.69. The molecule has 0 spiro atoms. The molecule has 2 rings (SSSR count). The van der Waals surface area contributed by atoms with E-state index in [0.29, 0.717) is 13.1 Å². The van der Waals surface area contributed by atoms with Crippen molar-refractivity contribution in [3.05, 3.63) is 23.9 Å². The average Bonchev–Trinajstić information content (AvgIpc) is 2.48. The maximum Gasteiger partial charge on any atom is 0.260 e. The third-order valence-electron chi connectivity index (χ3n) is 3.62. The van der Waals surface area contributed by atoms with Gasteiger partial charge in [0.1, 0.15) is 0 Å². The Morgan fingerprint density at radius 1 is 1.24 bits per heavy atom. The summed E-state index contributed by atoms with van der Waals surface area (Å²) in [6.45, 7) is 6.35. The first kappa shape index (κ1) is 16.4. The molecule has 6 nitrogen and oxygen atoms in total. The van der Waals surface area contributed by atoms with Crippen molar-refractivity contribution in [2.24, 2.45) is 0 Å². The molecule has 0 unspecified atom stereocenters. The molecule has 0 radical (unpaired) electrons. The highest BCUT2D eigenvalue weighted by atomic mass is 32.2.